The van der Waals surface area contributed by atoms with Crippen molar-refractivity contribution in [1.29, 1.82) is 0 Å². The van der Waals surface area contributed by atoms with Crippen molar-refractivity contribution in [3.8, 4) is 11.1 Å². The molecule has 34 heavy (non-hydrogen) atoms. The summed E-state index contributed by atoms with van der Waals surface area (Å²) in [6.45, 7) is 8.51. The molecular formula is C25H29N3O5S. The summed E-state index contributed by atoms with van der Waals surface area (Å²) in [5.41, 5.74) is 3.12. The van der Waals surface area contributed by atoms with Crippen molar-refractivity contribution < 1.29 is 22.7 Å². The number of fused-ring (bicyclic) bond motifs is 3. The van der Waals surface area contributed by atoms with Gasteiger partial charge in [0, 0.05) is 29.1 Å². The van der Waals surface area contributed by atoms with Crippen molar-refractivity contribution >= 4 is 37.9 Å². The molecule has 0 saturated heterocycles. The fourth-order valence-corrected chi connectivity index (χ4v) is 5.23. The van der Waals surface area contributed by atoms with E-state index in [-0.39, 0.29) is 4.90 Å². The number of aliphatic carboxylic acids is 1. The van der Waals surface area contributed by atoms with Crippen LogP contribution in [0.25, 0.3) is 33.1 Å². The van der Waals surface area contributed by atoms with Crippen molar-refractivity contribution in [2.24, 2.45) is 11.8 Å². The third-order valence-corrected chi connectivity index (χ3v) is 7.57. The highest BCUT2D eigenvalue weighted by Gasteiger charge is 2.28. The Hall–Kier alpha value is -3.17. The van der Waals surface area contributed by atoms with Crippen LogP contribution in [0.2, 0.25) is 0 Å². The van der Waals surface area contributed by atoms with E-state index in [1.54, 1.807) is 19.9 Å². The summed E-state index contributed by atoms with van der Waals surface area (Å²) in [7, 11) is -4.03. The summed E-state index contributed by atoms with van der Waals surface area (Å²) in [4.78, 5) is 11.5. The summed E-state index contributed by atoms with van der Waals surface area (Å²) in [5.74, 6) is -1.08. The van der Waals surface area contributed by atoms with Gasteiger partial charge in [-0.15, -0.1) is 0 Å². The van der Waals surface area contributed by atoms with Crippen LogP contribution in [0, 0.1) is 11.8 Å². The molecule has 0 bridgehead atoms. The van der Waals surface area contributed by atoms with Crippen LogP contribution in [0.1, 0.15) is 34.1 Å². The van der Waals surface area contributed by atoms with E-state index in [0.29, 0.717) is 22.5 Å². The molecule has 0 radical (unpaired) electrons. The molecule has 9 heteroatoms. The van der Waals surface area contributed by atoms with Gasteiger partial charge < -0.3 is 9.52 Å². The fraction of sp³-hybridized carbons (Fsp3) is 0.360. The molecule has 0 aliphatic heterocycles. The fourth-order valence-electron chi connectivity index (χ4n) is 3.87. The van der Waals surface area contributed by atoms with Gasteiger partial charge in [-0.1, -0.05) is 40.2 Å². The largest absolute Gasteiger partial charge is 0.480 e. The highest BCUT2D eigenvalue weighted by molar-refractivity contribution is 7.89. The number of aromatic nitrogens is 2. The number of rotatable bonds is 9. The van der Waals surface area contributed by atoms with E-state index in [1.165, 1.54) is 12.1 Å². The second-order valence-electron chi connectivity index (χ2n) is 9.12. The second-order valence-corrected chi connectivity index (χ2v) is 10.8. The van der Waals surface area contributed by atoms with Crippen molar-refractivity contribution in [2.45, 2.75) is 51.6 Å². The molecule has 2 atom stereocenters. The highest BCUT2D eigenvalue weighted by atomic mass is 32.2. The van der Waals surface area contributed by atoms with E-state index in [2.05, 4.69) is 23.7 Å². The molecule has 1 unspecified atom stereocenters. The first-order valence-electron chi connectivity index (χ1n) is 11.3. The maximum absolute atomic E-state index is 12.9. The van der Waals surface area contributed by atoms with Crippen molar-refractivity contribution in [2.75, 3.05) is 0 Å². The predicted octanol–water partition coefficient (Wildman–Crippen LogP) is 4.88. The number of carboxylic acids is 1. The minimum absolute atomic E-state index is 0.00926. The zero-order chi connectivity index (χ0) is 24.6. The van der Waals surface area contributed by atoms with Crippen LogP contribution in [0.3, 0.4) is 0 Å². The summed E-state index contributed by atoms with van der Waals surface area (Å²) in [5, 5.41) is 15.2. The lowest BCUT2D eigenvalue weighted by Crippen LogP contribution is -2.44. The molecule has 8 nitrogen and oxygen atoms in total. The minimum Gasteiger partial charge on any atom is -0.480 e. The molecule has 0 fully saturated rings. The minimum atomic E-state index is -4.03. The van der Waals surface area contributed by atoms with Gasteiger partial charge in [-0.2, -0.15) is 9.82 Å². The molecule has 4 rings (SSSR count). The number of carbonyl (C=O) groups is 1. The Kier molecular flexibility index (Phi) is 6.51. The maximum Gasteiger partial charge on any atom is 0.322 e. The molecule has 2 N–H and O–H groups in total. The molecule has 0 amide bonds. The van der Waals surface area contributed by atoms with E-state index in [0.717, 1.165) is 29.5 Å². The number of benzene rings is 2. The van der Waals surface area contributed by atoms with Crippen molar-refractivity contribution in [3.63, 3.8) is 0 Å². The van der Waals surface area contributed by atoms with Gasteiger partial charge in [-0.3, -0.25) is 9.48 Å². The molecule has 0 aliphatic rings. The maximum atomic E-state index is 12.9. The van der Waals surface area contributed by atoms with E-state index in [1.807, 2.05) is 35.3 Å². The average Bonchev–Trinajstić information content (AvgIpc) is 3.40. The van der Waals surface area contributed by atoms with Gasteiger partial charge in [0.2, 0.25) is 10.0 Å². The van der Waals surface area contributed by atoms with Crippen LogP contribution in [0.5, 0.6) is 0 Å². The number of furan rings is 1. The Morgan fingerprint density at radius 3 is 2.53 bits per heavy atom. The number of hydrogen-bond acceptors (Lipinski definition) is 5. The average molecular weight is 484 g/mol. The van der Waals surface area contributed by atoms with Gasteiger partial charge in [-0.05, 0) is 47.7 Å². The van der Waals surface area contributed by atoms with Crippen LogP contribution in [0.15, 0.2) is 58.1 Å². The van der Waals surface area contributed by atoms with Crippen LogP contribution >= 0.6 is 0 Å². The molecule has 4 aromatic rings. The van der Waals surface area contributed by atoms with Gasteiger partial charge in [0.05, 0.1) is 11.1 Å². The number of sulfonamides is 1. The highest BCUT2D eigenvalue weighted by Crippen LogP contribution is 2.33. The third kappa shape index (κ3) is 4.71. The summed E-state index contributed by atoms with van der Waals surface area (Å²) < 4.78 is 36.0. The Bertz CT molecular complexity index is 1450. The monoisotopic (exact) mass is 483 g/mol. The predicted molar refractivity (Wildman–Crippen MR) is 131 cm³/mol. The Morgan fingerprint density at radius 1 is 1.09 bits per heavy atom. The molecule has 0 saturated carbocycles. The first-order chi connectivity index (χ1) is 16.1. The lowest BCUT2D eigenvalue weighted by molar-refractivity contribution is -0.140. The molecule has 2 aromatic carbocycles. The van der Waals surface area contributed by atoms with E-state index in [9.17, 15) is 18.3 Å². The molecule has 0 aliphatic carbocycles. The molecule has 2 heterocycles. The second kappa shape index (κ2) is 9.23. The lowest BCUT2D eigenvalue weighted by atomic mass is 10.1. The standard InChI is InChI=1S/C25H29N3O5S/c1-5-16(4)13-28-14-18(12-26-28)17-6-8-20-21-11-19(7-9-22(21)33-23(20)10-17)34(31,32)27-24(15(2)3)25(29)30/h6-12,14-16,24,27H,5,13H2,1-4H3,(H,29,30)/t16?,24-/m1/s1. The Labute approximate surface area is 198 Å². The summed E-state index contributed by atoms with van der Waals surface area (Å²) in [6, 6.07) is 9.11. The molecule has 2 aromatic heterocycles. The van der Waals surface area contributed by atoms with Crippen molar-refractivity contribution in [3.05, 3.63) is 48.8 Å². The van der Waals surface area contributed by atoms with E-state index >= 15 is 0 Å². The number of nitrogens with one attached hydrogen (secondary N) is 1. The quantitative estimate of drug-likeness (QED) is 0.351. The first-order valence-corrected chi connectivity index (χ1v) is 12.8. The SMILES string of the molecule is CCC(C)Cn1cc(-c2ccc3c(c2)oc2ccc(S(=O)(=O)N[C@@H](C(=O)O)C(C)C)cc23)cn1. The Morgan fingerprint density at radius 2 is 1.85 bits per heavy atom. The topological polar surface area (TPSA) is 114 Å². The van der Waals surface area contributed by atoms with Gasteiger partial charge >= 0.3 is 5.97 Å². The van der Waals surface area contributed by atoms with Crippen LogP contribution in [0.4, 0.5) is 0 Å². The number of hydrogen-bond donors (Lipinski definition) is 2. The van der Waals surface area contributed by atoms with E-state index in [4.69, 9.17) is 4.42 Å². The summed E-state index contributed by atoms with van der Waals surface area (Å²) >= 11 is 0. The van der Waals surface area contributed by atoms with E-state index < -0.39 is 28.0 Å². The number of carboxylic acid groups (broad SMARTS) is 1. The van der Waals surface area contributed by atoms with Gasteiger partial charge in [0.25, 0.3) is 0 Å². The van der Waals surface area contributed by atoms with Crippen molar-refractivity contribution in [1.82, 2.24) is 14.5 Å². The normalized spacial score (nSPS) is 14.1. The van der Waals surface area contributed by atoms with Crippen LogP contribution in [-0.4, -0.2) is 35.3 Å². The lowest BCUT2D eigenvalue weighted by Gasteiger charge is -2.17. The molecule has 0 spiro atoms. The molecule has 180 valence electrons. The van der Waals surface area contributed by atoms with Crippen LogP contribution in [-0.2, 0) is 21.4 Å². The van der Waals surface area contributed by atoms with Gasteiger partial charge in [0.15, 0.2) is 0 Å². The molecular weight excluding hydrogens is 454 g/mol. The zero-order valence-electron chi connectivity index (χ0n) is 19.6. The first kappa shape index (κ1) is 24.0. The van der Waals surface area contributed by atoms with Gasteiger partial charge in [0.1, 0.15) is 17.2 Å². The number of nitrogens with zero attached hydrogens (tertiary/aromatic N) is 2. The third-order valence-electron chi connectivity index (χ3n) is 6.13. The summed E-state index contributed by atoms with van der Waals surface area (Å²) in [6.07, 6.45) is 4.93. The smallest absolute Gasteiger partial charge is 0.322 e. The van der Waals surface area contributed by atoms with Crippen LogP contribution < -0.4 is 4.72 Å². The zero-order valence-corrected chi connectivity index (χ0v) is 20.5. The Balaban J connectivity index is 1.68. The van der Waals surface area contributed by atoms with Gasteiger partial charge in [-0.25, -0.2) is 8.42 Å².